The molecule has 1 N–H and O–H groups in total. The lowest BCUT2D eigenvalue weighted by Crippen LogP contribution is -2.11. The second-order valence-corrected chi connectivity index (χ2v) is 5.93. The number of aromatic hydroxyl groups is 1. The molecule has 0 spiro atoms. The first-order chi connectivity index (χ1) is 11.2. The Balaban J connectivity index is 2.22. The van der Waals surface area contributed by atoms with Crippen molar-refractivity contribution >= 4 is 33.0 Å². The summed E-state index contributed by atoms with van der Waals surface area (Å²) in [7, 11) is 1.65. The number of hydrogen-bond donors (Lipinski definition) is 1. The Kier molecular flexibility index (Phi) is 4.53. The number of rotatable bonds is 4. The van der Waals surface area contributed by atoms with Crippen LogP contribution in [0.2, 0.25) is 0 Å². The average molecular weight is 370 g/mol. The van der Waals surface area contributed by atoms with Crippen LogP contribution in [0.15, 0.2) is 77.3 Å². The fourth-order valence-corrected chi connectivity index (χ4v) is 2.98. The Bertz CT molecular complexity index is 785. The van der Waals surface area contributed by atoms with E-state index >= 15 is 0 Å². The third kappa shape index (κ3) is 3.32. The van der Waals surface area contributed by atoms with Crippen molar-refractivity contribution in [2.75, 3.05) is 12.0 Å². The highest BCUT2D eigenvalue weighted by atomic mass is 79.9. The van der Waals surface area contributed by atoms with Gasteiger partial charge in [-0.1, -0.05) is 46.3 Å². The smallest absolute Gasteiger partial charge is 0.142 e. The molecule has 0 bridgehead atoms. The highest BCUT2D eigenvalue weighted by Crippen LogP contribution is 2.41. The van der Waals surface area contributed by atoms with E-state index in [1.165, 1.54) is 0 Å². The summed E-state index contributed by atoms with van der Waals surface area (Å²) >= 11 is 3.44. The lowest BCUT2D eigenvalue weighted by atomic mass is 10.1. The zero-order chi connectivity index (χ0) is 16.2. The van der Waals surface area contributed by atoms with Gasteiger partial charge in [-0.2, -0.15) is 0 Å². The predicted molar refractivity (Wildman–Crippen MR) is 97.0 cm³/mol. The van der Waals surface area contributed by atoms with Crippen molar-refractivity contribution < 1.29 is 9.84 Å². The molecule has 0 radical (unpaired) electrons. The number of phenols is 1. The molecule has 3 rings (SSSR count). The van der Waals surface area contributed by atoms with Crippen molar-refractivity contribution in [3.8, 4) is 11.5 Å². The van der Waals surface area contributed by atoms with Gasteiger partial charge in [0, 0.05) is 16.2 Å². The summed E-state index contributed by atoms with van der Waals surface area (Å²) in [5.74, 6) is 0.959. The summed E-state index contributed by atoms with van der Waals surface area (Å²) in [5.41, 5.74) is 2.72. The number of para-hydroxylation sites is 3. The third-order valence-electron chi connectivity index (χ3n) is 3.47. The molecule has 0 atom stereocenters. The molecule has 116 valence electrons. The van der Waals surface area contributed by atoms with Crippen LogP contribution in [0.1, 0.15) is 0 Å². The molecule has 0 aromatic heterocycles. The van der Waals surface area contributed by atoms with Gasteiger partial charge in [-0.15, -0.1) is 0 Å². The summed E-state index contributed by atoms with van der Waals surface area (Å²) in [6.07, 6.45) is 0. The van der Waals surface area contributed by atoms with Gasteiger partial charge in [0.1, 0.15) is 11.5 Å². The third-order valence-corrected chi connectivity index (χ3v) is 3.92. The molecule has 0 aliphatic heterocycles. The van der Waals surface area contributed by atoms with Gasteiger partial charge in [0.25, 0.3) is 0 Å². The first kappa shape index (κ1) is 15.4. The average Bonchev–Trinajstić information content (AvgIpc) is 2.56. The predicted octanol–water partition coefficient (Wildman–Crippen LogP) is 5.63. The molecule has 23 heavy (non-hydrogen) atoms. The summed E-state index contributed by atoms with van der Waals surface area (Å²) in [4.78, 5) is 2.04. The zero-order valence-corrected chi connectivity index (χ0v) is 14.2. The van der Waals surface area contributed by atoms with Crippen LogP contribution in [-0.2, 0) is 0 Å². The normalized spacial score (nSPS) is 10.3. The van der Waals surface area contributed by atoms with Crippen molar-refractivity contribution in [2.45, 2.75) is 0 Å². The van der Waals surface area contributed by atoms with E-state index in [1.54, 1.807) is 19.2 Å². The van der Waals surface area contributed by atoms with E-state index in [0.717, 1.165) is 27.3 Å². The summed E-state index contributed by atoms with van der Waals surface area (Å²) in [6.45, 7) is 0. The summed E-state index contributed by atoms with van der Waals surface area (Å²) in [5, 5.41) is 9.98. The number of hydrogen-bond acceptors (Lipinski definition) is 3. The van der Waals surface area contributed by atoms with Gasteiger partial charge in [0.15, 0.2) is 0 Å². The quantitative estimate of drug-likeness (QED) is 0.646. The van der Waals surface area contributed by atoms with Crippen molar-refractivity contribution in [1.29, 1.82) is 0 Å². The van der Waals surface area contributed by atoms with Crippen LogP contribution in [0.3, 0.4) is 0 Å². The second-order valence-electron chi connectivity index (χ2n) is 5.01. The molecule has 3 aromatic carbocycles. The maximum atomic E-state index is 9.98. The number of halogens is 1. The topological polar surface area (TPSA) is 32.7 Å². The van der Waals surface area contributed by atoms with Crippen molar-refractivity contribution in [1.82, 2.24) is 0 Å². The van der Waals surface area contributed by atoms with Crippen LogP contribution >= 0.6 is 15.9 Å². The standard InChI is InChI=1S/C19H16BrNO2/c1-23-19-10-6-5-9-18(19)21(15-7-3-2-4-8-15)16-11-14(20)12-17(22)13-16/h2-13,22H,1H3. The minimum absolute atomic E-state index is 0.199. The van der Waals surface area contributed by atoms with E-state index in [0.29, 0.717) is 0 Å². The monoisotopic (exact) mass is 369 g/mol. The van der Waals surface area contributed by atoms with Gasteiger partial charge in [-0.3, -0.25) is 0 Å². The van der Waals surface area contributed by atoms with Gasteiger partial charge in [-0.25, -0.2) is 0 Å². The molecule has 0 aliphatic rings. The number of methoxy groups -OCH3 is 1. The minimum atomic E-state index is 0.199. The van der Waals surface area contributed by atoms with Crippen LogP contribution in [0.5, 0.6) is 11.5 Å². The Morgan fingerprint density at radius 2 is 1.57 bits per heavy atom. The van der Waals surface area contributed by atoms with E-state index in [2.05, 4.69) is 15.9 Å². The van der Waals surface area contributed by atoms with Crippen LogP contribution in [0.25, 0.3) is 0 Å². The van der Waals surface area contributed by atoms with E-state index in [4.69, 9.17) is 4.74 Å². The molecule has 3 aromatic rings. The fraction of sp³-hybridized carbons (Fsp3) is 0.0526. The summed E-state index contributed by atoms with van der Waals surface area (Å²) in [6, 6.07) is 23.1. The van der Waals surface area contributed by atoms with E-state index < -0.39 is 0 Å². The van der Waals surface area contributed by atoms with E-state index in [-0.39, 0.29) is 5.75 Å². The highest BCUT2D eigenvalue weighted by molar-refractivity contribution is 9.10. The second kappa shape index (κ2) is 6.75. The number of benzene rings is 3. The van der Waals surface area contributed by atoms with Gasteiger partial charge in [0.2, 0.25) is 0 Å². The Labute approximate surface area is 143 Å². The Morgan fingerprint density at radius 1 is 0.870 bits per heavy atom. The van der Waals surface area contributed by atoms with Crippen molar-refractivity contribution in [3.05, 3.63) is 77.3 Å². The van der Waals surface area contributed by atoms with Gasteiger partial charge in [0.05, 0.1) is 18.5 Å². The summed E-state index contributed by atoms with van der Waals surface area (Å²) < 4.78 is 6.32. The molecule has 4 heteroatoms. The SMILES string of the molecule is COc1ccccc1N(c1ccccc1)c1cc(O)cc(Br)c1. The van der Waals surface area contributed by atoms with Crippen LogP contribution < -0.4 is 9.64 Å². The van der Waals surface area contributed by atoms with Gasteiger partial charge < -0.3 is 14.7 Å². The van der Waals surface area contributed by atoms with E-state index in [9.17, 15) is 5.11 Å². The van der Waals surface area contributed by atoms with Crippen LogP contribution in [-0.4, -0.2) is 12.2 Å². The molecule has 0 saturated carbocycles. The number of nitrogens with zero attached hydrogens (tertiary/aromatic N) is 1. The maximum absolute atomic E-state index is 9.98. The van der Waals surface area contributed by atoms with E-state index in [1.807, 2.05) is 65.6 Å². The van der Waals surface area contributed by atoms with Crippen LogP contribution in [0, 0.1) is 0 Å². The molecule has 0 unspecified atom stereocenters. The molecule has 0 fully saturated rings. The lowest BCUT2D eigenvalue weighted by molar-refractivity contribution is 0.416. The highest BCUT2D eigenvalue weighted by Gasteiger charge is 2.17. The largest absolute Gasteiger partial charge is 0.508 e. The number of ether oxygens (including phenoxy) is 1. The van der Waals surface area contributed by atoms with Crippen LogP contribution in [0.4, 0.5) is 17.1 Å². The molecular formula is C19H16BrNO2. The number of phenolic OH excluding ortho intramolecular Hbond substituents is 1. The lowest BCUT2D eigenvalue weighted by Gasteiger charge is -2.27. The van der Waals surface area contributed by atoms with Crippen molar-refractivity contribution in [3.63, 3.8) is 0 Å². The fourth-order valence-electron chi connectivity index (χ4n) is 2.51. The first-order valence-corrected chi connectivity index (χ1v) is 7.96. The molecule has 0 aliphatic carbocycles. The van der Waals surface area contributed by atoms with Gasteiger partial charge >= 0.3 is 0 Å². The van der Waals surface area contributed by atoms with Gasteiger partial charge in [-0.05, 0) is 36.4 Å². The maximum Gasteiger partial charge on any atom is 0.142 e. The van der Waals surface area contributed by atoms with Crippen molar-refractivity contribution in [2.24, 2.45) is 0 Å². The number of anilines is 3. The molecule has 0 heterocycles. The minimum Gasteiger partial charge on any atom is -0.508 e. The molecular weight excluding hydrogens is 354 g/mol. The Hall–Kier alpha value is -2.46. The zero-order valence-electron chi connectivity index (χ0n) is 12.6. The Morgan fingerprint density at radius 3 is 2.26 bits per heavy atom. The molecule has 0 saturated heterocycles. The molecule has 3 nitrogen and oxygen atoms in total. The molecule has 0 amide bonds. The first-order valence-electron chi connectivity index (χ1n) is 7.17.